The summed E-state index contributed by atoms with van der Waals surface area (Å²) < 4.78 is 35.5. The number of hydrogen-bond donors (Lipinski definition) is 6. The normalized spacial score (nSPS) is 14.1. The number of ether oxygens (including phenoxy) is 1. The maximum Gasteiger partial charge on any atom is 0.326 e. The summed E-state index contributed by atoms with van der Waals surface area (Å²) in [4.78, 5) is 41.5. The van der Waals surface area contributed by atoms with E-state index in [1.807, 2.05) is 83.1 Å². The molecule has 0 unspecified atom stereocenters. The van der Waals surface area contributed by atoms with E-state index >= 15 is 0 Å². The SMILES string of the molecule is Cc1cccc(C(c2cccc(C)c2)c2ccc(C(=O)N[C@@H](CCCNC(=N)NS(=O)(=O)c3c(C)c(C)c4c(c3C)CCC(C)(C)O4)C(=O)O)c(=O)[nH]2)c1. The monoisotopic (exact) mass is 755 g/mol. The molecule has 0 radical (unpaired) electrons. The highest BCUT2D eigenvalue weighted by molar-refractivity contribution is 7.90. The quantitative estimate of drug-likeness (QED) is 0.0606. The van der Waals surface area contributed by atoms with Gasteiger partial charge in [0.2, 0.25) is 5.96 Å². The number of aromatic amines is 1. The average molecular weight is 756 g/mol. The van der Waals surface area contributed by atoms with Crippen LogP contribution < -0.4 is 25.7 Å². The summed E-state index contributed by atoms with van der Waals surface area (Å²) in [5.74, 6) is -2.22. The molecule has 1 aliphatic heterocycles. The minimum absolute atomic E-state index is 0.0414. The molecule has 13 heteroatoms. The summed E-state index contributed by atoms with van der Waals surface area (Å²) in [5, 5.41) is 23.3. The molecule has 2 heterocycles. The zero-order valence-corrected chi connectivity index (χ0v) is 32.6. The van der Waals surface area contributed by atoms with Crippen molar-refractivity contribution in [3.8, 4) is 5.75 Å². The second-order valence-electron chi connectivity index (χ2n) is 14.7. The number of nitrogens with one attached hydrogen (secondary N) is 5. The second kappa shape index (κ2) is 15.9. The van der Waals surface area contributed by atoms with Gasteiger partial charge in [-0.3, -0.25) is 15.0 Å². The Bertz CT molecular complexity index is 2230. The number of rotatable bonds is 12. The number of amides is 1. The van der Waals surface area contributed by atoms with Crippen molar-refractivity contribution in [1.29, 1.82) is 5.41 Å². The molecule has 0 aliphatic carbocycles. The molecule has 1 aromatic heterocycles. The summed E-state index contributed by atoms with van der Waals surface area (Å²) >= 11 is 0. The van der Waals surface area contributed by atoms with Crippen molar-refractivity contribution >= 4 is 27.9 Å². The van der Waals surface area contributed by atoms with Gasteiger partial charge >= 0.3 is 5.97 Å². The lowest BCUT2D eigenvalue weighted by Crippen LogP contribution is -2.44. The lowest BCUT2D eigenvalue weighted by Gasteiger charge is -2.35. The Morgan fingerprint density at radius 3 is 2.15 bits per heavy atom. The molecular formula is C41H49N5O7S. The number of sulfonamides is 1. The first kappa shape index (κ1) is 39.8. The third-order valence-electron chi connectivity index (χ3n) is 9.98. The van der Waals surface area contributed by atoms with Gasteiger partial charge in [-0.1, -0.05) is 59.7 Å². The molecule has 0 bridgehead atoms. The number of carbonyl (C=O) groups excluding carboxylic acids is 1. The number of guanidine groups is 1. The fourth-order valence-electron chi connectivity index (χ4n) is 7.07. The summed E-state index contributed by atoms with van der Waals surface area (Å²) in [5.41, 5.74) is 6.07. The van der Waals surface area contributed by atoms with Crippen molar-refractivity contribution in [1.82, 2.24) is 20.3 Å². The lowest BCUT2D eigenvalue weighted by atomic mass is 9.86. The number of aromatic nitrogens is 1. The van der Waals surface area contributed by atoms with E-state index in [4.69, 9.17) is 10.1 Å². The van der Waals surface area contributed by atoms with E-state index in [0.29, 0.717) is 29.0 Å². The predicted molar refractivity (Wildman–Crippen MR) is 208 cm³/mol. The number of carbonyl (C=O) groups is 2. The van der Waals surface area contributed by atoms with E-state index in [1.165, 1.54) is 6.07 Å². The highest BCUT2D eigenvalue weighted by atomic mass is 32.2. The highest BCUT2D eigenvalue weighted by Crippen LogP contribution is 2.42. The average Bonchev–Trinajstić information content (AvgIpc) is 3.08. The highest BCUT2D eigenvalue weighted by Gasteiger charge is 2.34. The standard InChI is InChI=1S/C41H49N5O7S/c1-23-11-8-13-28(21-23)34(29-14-9-12-24(2)22-29)32-17-16-31(37(47)44-32)38(48)45-33(39(49)50)15-10-20-43-40(42)46-54(51,52)36-26(4)25(3)35-30(27(36)5)18-19-41(6,7)53-35/h8-9,11-14,16-17,21-22,33-34H,10,15,18-20H2,1-7H3,(H,44,47)(H,45,48)(H,49,50)(H3,42,43,46)/t33-/m0/s1. The number of H-pyrrole nitrogens is 1. The summed E-state index contributed by atoms with van der Waals surface area (Å²) in [7, 11) is -4.14. The van der Waals surface area contributed by atoms with Crippen LogP contribution in [-0.2, 0) is 21.2 Å². The number of carboxylic acids is 1. The minimum atomic E-state index is -4.14. The number of benzene rings is 3. The van der Waals surface area contributed by atoms with Crippen LogP contribution in [0.15, 0.2) is 70.4 Å². The first-order chi connectivity index (χ1) is 25.4. The van der Waals surface area contributed by atoms with Crippen molar-refractivity contribution in [2.45, 2.75) is 96.6 Å². The van der Waals surface area contributed by atoms with Gasteiger partial charge in [-0.05, 0) is 120 Å². The van der Waals surface area contributed by atoms with Gasteiger partial charge in [-0.2, -0.15) is 0 Å². The lowest BCUT2D eigenvalue weighted by molar-refractivity contribution is -0.139. The smallest absolute Gasteiger partial charge is 0.326 e. The number of carboxylic acid groups (broad SMARTS) is 1. The molecule has 6 N–H and O–H groups in total. The maximum atomic E-state index is 13.5. The molecule has 54 heavy (non-hydrogen) atoms. The van der Waals surface area contributed by atoms with Crippen molar-refractivity contribution in [2.75, 3.05) is 6.54 Å². The zero-order chi connectivity index (χ0) is 39.5. The van der Waals surface area contributed by atoms with E-state index in [0.717, 1.165) is 39.8 Å². The second-order valence-corrected chi connectivity index (χ2v) is 16.3. The zero-order valence-electron chi connectivity index (χ0n) is 31.8. The molecule has 0 saturated carbocycles. The fraction of sp³-hybridized carbons (Fsp3) is 0.366. The molecule has 0 spiro atoms. The summed E-state index contributed by atoms with van der Waals surface area (Å²) in [6, 6.07) is 17.7. The Kier molecular flexibility index (Phi) is 11.7. The van der Waals surface area contributed by atoms with Crippen molar-refractivity contribution in [3.05, 3.63) is 127 Å². The number of hydrogen-bond acceptors (Lipinski definition) is 7. The molecular weight excluding hydrogens is 707 g/mol. The molecule has 286 valence electrons. The molecule has 12 nitrogen and oxygen atoms in total. The topological polar surface area (TPSA) is 191 Å². The van der Waals surface area contributed by atoms with Crippen molar-refractivity contribution in [2.24, 2.45) is 0 Å². The van der Waals surface area contributed by atoms with Crippen LogP contribution in [-0.4, -0.2) is 54.5 Å². The Labute approximate surface area is 316 Å². The van der Waals surface area contributed by atoms with E-state index in [1.54, 1.807) is 19.9 Å². The van der Waals surface area contributed by atoms with Gasteiger partial charge < -0.3 is 25.5 Å². The van der Waals surface area contributed by atoms with Crippen LogP contribution >= 0.6 is 0 Å². The Hall–Kier alpha value is -5.43. The Balaban J connectivity index is 1.21. The maximum absolute atomic E-state index is 13.5. The van der Waals surface area contributed by atoms with Crippen LogP contribution in [0.2, 0.25) is 0 Å². The third-order valence-corrected chi connectivity index (χ3v) is 11.6. The molecule has 0 fully saturated rings. The van der Waals surface area contributed by atoms with E-state index in [9.17, 15) is 27.9 Å². The summed E-state index contributed by atoms with van der Waals surface area (Å²) in [6.07, 6.45) is 1.51. The fourth-order valence-corrected chi connectivity index (χ4v) is 8.60. The van der Waals surface area contributed by atoms with Crippen LogP contribution in [0.25, 0.3) is 0 Å². The molecule has 1 aliphatic rings. The van der Waals surface area contributed by atoms with Gasteiger partial charge in [0.25, 0.3) is 21.5 Å². The molecule has 0 saturated heterocycles. The molecule has 1 atom stereocenters. The van der Waals surface area contributed by atoms with Crippen LogP contribution in [0.1, 0.15) is 99.6 Å². The van der Waals surface area contributed by atoms with Crippen LogP contribution in [0.4, 0.5) is 0 Å². The number of pyridine rings is 1. The molecule has 1 amide bonds. The number of fused-ring (bicyclic) bond motifs is 1. The number of aliphatic carboxylic acids is 1. The molecule has 5 rings (SSSR count). The predicted octanol–water partition coefficient (Wildman–Crippen LogP) is 5.67. The van der Waals surface area contributed by atoms with Crippen molar-refractivity contribution in [3.63, 3.8) is 0 Å². The van der Waals surface area contributed by atoms with Gasteiger partial charge in [0, 0.05) is 18.2 Å². The summed E-state index contributed by atoms with van der Waals surface area (Å²) in [6.45, 7) is 13.3. The van der Waals surface area contributed by atoms with E-state index in [2.05, 4.69) is 20.3 Å². The van der Waals surface area contributed by atoms with E-state index in [-0.39, 0.29) is 41.4 Å². The first-order valence-corrected chi connectivity index (χ1v) is 19.4. The Morgan fingerprint density at radius 2 is 1.57 bits per heavy atom. The van der Waals surface area contributed by atoms with Crippen LogP contribution in [0.3, 0.4) is 0 Å². The van der Waals surface area contributed by atoms with Gasteiger partial charge in [-0.15, -0.1) is 0 Å². The van der Waals surface area contributed by atoms with Gasteiger partial charge in [0.15, 0.2) is 0 Å². The van der Waals surface area contributed by atoms with Crippen LogP contribution in [0.5, 0.6) is 5.75 Å². The van der Waals surface area contributed by atoms with Gasteiger partial charge in [-0.25, -0.2) is 17.9 Å². The minimum Gasteiger partial charge on any atom is -0.487 e. The van der Waals surface area contributed by atoms with Gasteiger partial charge in [0.05, 0.1) is 4.90 Å². The van der Waals surface area contributed by atoms with Crippen LogP contribution in [0, 0.1) is 40.0 Å². The van der Waals surface area contributed by atoms with Crippen molar-refractivity contribution < 1.29 is 27.9 Å². The van der Waals surface area contributed by atoms with E-state index < -0.39 is 39.5 Å². The first-order valence-electron chi connectivity index (χ1n) is 18.0. The number of aryl methyl sites for hydroxylation is 2. The molecule has 4 aromatic rings. The Morgan fingerprint density at radius 1 is 0.944 bits per heavy atom. The third kappa shape index (κ3) is 8.84. The largest absolute Gasteiger partial charge is 0.487 e. The molecule has 3 aromatic carbocycles. The van der Waals surface area contributed by atoms with Gasteiger partial charge in [0.1, 0.15) is 23.0 Å².